The maximum absolute atomic E-state index is 5.54. The van der Waals surface area contributed by atoms with Gasteiger partial charge in [-0.05, 0) is 47.9 Å². The molecule has 1 aromatic carbocycles. The topological polar surface area (TPSA) is 69.6 Å². The van der Waals surface area contributed by atoms with Crippen molar-refractivity contribution >= 4 is 11.8 Å². The first-order valence-electron chi connectivity index (χ1n) is 6.27. The smallest absolute Gasteiger partial charge is 0.209 e. The van der Waals surface area contributed by atoms with Gasteiger partial charge >= 0.3 is 0 Å². The van der Waals surface area contributed by atoms with Crippen molar-refractivity contribution < 1.29 is 0 Å². The second kappa shape index (κ2) is 6.16. The zero-order valence-corrected chi connectivity index (χ0v) is 12.4. The Morgan fingerprint density at radius 1 is 1.21 bits per heavy atom. The lowest BCUT2D eigenvalue weighted by Crippen LogP contribution is -2.12. The standard InChI is InChI=1S/C13H19N5S/c1-9-6-10(2)12(11(3)7-9)8-19-13-15-16-17-18(13)5-4-14/h6-7H,4-5,8,14H2,1-3H3. The van der Waals surface area contributed by atoms with Crippen molar-refractivity contribution in [2.45, 2.75) is 38.2 Å². The van der Waals surface area contributed by atoms with Gasteiger partial charge in [0.25, 0.3) is 0 Å². The van der Waals surface area contributed by atoms with Crippen molar-refractivity contribution in [1.82, 2.24) is 20.2 Å². The van der Waals surface area contributed by atoms with Crippen LogP contribution in [0.25, 0.3) is 0 Å². The lowest BCUT2D eigenvalue weighted by Gasteiger charge is -2.10. The van der Waals surface area contributed by atoms with Crippen LogP contribution in [0.2, 0.25) is 0 Å². The normalized spacial score (nSPS) is 10.9. The third-order valence-corrected chi connectivity index (χ3v) is 4.01. The molecule has 0 atom stereocenters. The molecule has 0 aliphatic rings. The van der Waals surface area contributed by atoms with Gasteiger partial charge in [-0.2, -0.15) is 0 Å². The lowest BCUT2D eigenvalue weighted by atomic mass is 10.0. The molecule has 0 saturated carbocycles. The Bertz CT molecular complexity index is 541. The molecule has 0 aliphatic heterocycles. The van der Waals surface area contributed by atoms with Crippen LogP contribution in [-0.2, 0) is 12.3 Å². The van der Waals surface area contributed by atoms with E-state index in [1.54, 1.807) is 16.4 Å². The lowest BCUT2D eigenvalue weighted by molar-refractivity contribution is 0.557. The van der Waals surface area contributed by atoms with Crippen molar-refractivity contribution in [2.75, 3.05) is 6.54 Å². The molecule has 6 heteroatoms. The van der Waals surface area contributed by atoms with Crippen LogP contribution in [0.5, 0.6) is 0 Å². The Labute approximate surface area is 117 Å². The number of rotatable bonds is 5. The molecule has 0 amide bonds. The maximum atomic E-state index is 5.54. The van der Waals surface area contributed by atoms with Crippen LogP contribution in [0.4, 0.5) is 0 Å². The van der Waals surface area contributed by atoms with E-state index in [9.17, 15) is 0 Å². The quantitative estimate of drug-likeness (QED) is 0.845. The average molecular weight is 277 g/mol. The summed E-state index contributed by atoms with van der Waals surface area (Å²) in [5.74, 6) is 0.878. The van der Waals surface area contributed by atoms with E-state index in [1.807, 2.05) is 0 Å². The first kappa shape index (κ1) is 14.0. The summed E-state index contributed by atoms with van der Waals surface area (Å²) in [6, 6.07) is 4.43. The molecule has 0 fully saturated rings. The van der Waals surface area contributed by atoms with Gasteiger partial charge in [-0.25, -0.2) is 4.68 Å². The van der Waals surface area contributed by atoms with E-state index >= 15 is 0 Å². The Morgan fingerprint density at radius 2 is 1.89 bits per heavy atom. The van der Waals surface area contributed by atoms with Crippen molar-refractivity contribution in [3.05, 3.63) is 34.4 Å². The Hall–Kier alpha value is -1.40. The zero-order valence-electron chi connectivity index (χ0n) is 11.6. The van der Waals surface area contributed by atoms with E-state index in [2.05, 4.69) is 48.4 Å². The highest BCUT2D eigenvalue weighted by Crippen LogP contribution is 2.25. The fraction of sp³-hybridized carbons (Fsp3) is 0.462. The van der Waals surface area contributed by atoms with E-state index < -0.39 is 0 Å². The fourth-order valence-electron chi connectivity index (χ4n) is 2.14. The molecule has 19 heavy (non-hydrogen) atoms. The third-order valence-electron chi connectivity index (χ3n) is 3.03. The molecule has 2 N–H and O–H groups in total. The molecule has 0 bridgehead atoms. The fourth-order valence-corrected chi connectivity index (χ4v) is 3.24. The molecule has 1 aromatic heterocycles. The SMILES string of the molecule is Cc1cc(C)c(CSc2nnnn2CCN)c(C)c1. The van der Waals surface area contributed by atoms with Crippen LogP contribution in [0, 0.1) is 20.8 Å². The minimum atomic E-state index is 0.543. The van der Waals surface area contributed by atoms with Gasteiger partial charge in [-0.15, -0.1) is 5.10 Å². The molecule has 102 valence electrons. The molecule has 5 nitrogen and oxygen atoms in total. The number of aryl methyl sites for hydroxylation is 3. The second-order valence-corrected chi connectivity index (χ2v) is 5.58. The molecule has 2 aromatic rings. The van der Waals surface area contributed by atoms with Crippen LogP contribution in [-0.4, -0.2) is 26.8 Å². The number of hydrogen-bond acceptors (Lipinski definition) is 5. The van der Waals surface area contributed by atoms with Crippen LogP contribution in [0.15, 0.2) is 17.3 Å². The highest BCUT2D eigenvalue weighted by Gasteiger charge is 2.09. The third kappa shape index (κ3) is 3.33. The van der Waals surface area contributed by atoms with Crippen LogP contribution in [0.1, 0.15) is 22.3 Å². The Balaban J connectivity index is 2.12. The largest absolute Gasteiger partial charge is 0.329 e. The van der Waals surface area contributed by atoms with Gasteiger partial charge in [0.1, 0.15) is 0 Å². The van der Waals surface area contributed by atoms with Gasteiger partial charge in [-0.1, -0.05) is 29.5 Å². The Kier molecular flexibility index (Phi) is 4.55. The summed E-state index contributed by atoms with van der Waals surface area (Å²) >= 11 is 1.65. The predicted octanol–water partition coefficient (Wildman–Crippen LogP) is 1.85. The number of hydrogen-bond donors (Lipinski definition) is 1. The predicted molar refractivity (Wildman–Crippen MR) is 77.1 cm³/mol. The van der Waals surface area contributed by atoms with E-state index in [4.69, 9.17) is 5.73 Å². The monoisotopic (exact) mass is 277 g/mol. The van der Waals surface area contributed by atoms with E-state index in [0.29, 0.717) is 13.1 Å². The summed E-state index contributed by atoms with van der Waals surface area (Å²) in [7, 11) is 0. The molecule has 0 aliphatic carbocycles. The molecule has 0 unspecified atom stereocenters. The number of nitrogens with two attached hydrogens (primary N) is 1. The number of thioether (sulfide) groups is 1. The van der Waals surface area contributed by atoms with Crippen LogP contribution in [0.3, 0.4) is 0 Å². The van der Waals surface area contributed by atoms with E-state index in [1.165, 1.54) is 22.3 Å². The van der Waals surface area contributed by atoms with Crippen molar-refractivity contribution in [1.29, 1.82) is 0 Å². The summed E-state index contributed by atoms with van der Waals surface area (Å²) in [4.78, 5) is 0. The minimum absolute atomic E-state index is 0.543. The van der Waals surface area contributed by atoms with Gasteiger partial charge in [0.15, 0.2) is 0 Å². The van der Waals surface area contributed by atoms with Crippen molar-refractivity contribution in [3.8, 4) is 0 Å². The highest BCUT2D eigenvalue weighted by atomic mass is 32.2. The molecule has 1 heterocycles. The van der Waals surface area contributed by atoms with Gasteiger partial charge in [-0.3, -0.25) is 0 Å². The first-order valence-corrected chi connectivity index (χ1v) is 7.26. The molecular formula is C13H19N5S. The zero-order chi connectivity index (χ0) is 13.8. The molecule has 0 radical (unpaired) electrons. The molecule has 0 saturated heterocycles. The molecule has 2 rings (SSSR count). The number of tetrazole rings is 1. The summed E-state index contributed by atoms with van der Waals surface area (Å²) in [6.07, 6.45) is 0. The second-order valence-electron chi connectivity index (χ2n) is 4.64. The molecular weight excluding hydrogens is 258 g/mol. The van der Waals surface area contributed by atoms with Crippen molar-refractivity contribution in [2.24, 2.45) is 5.73 Å². The minimum Gasteiger partial charge on any atom is -0.329 e. The van der Waals surface area contributed by atoms with E-state index in [-0.39, 0.29) is 0 Å². The van der Waals surface area contributed by atoms with E-state index in [0.717, 1.165) is 10.9 Å². The van der Waals surface area contributed by atoms with Gasteiger partial charge in [0.05, 0.1) is 6.54 Å². The van der Waals surface area contributed by atoms with Crippen molar-refractivity contribution in [3.63, 3.8) is 0 Å². The average Bonchev–Trinajstić information content (AvgIpc) is 2.76. The number of nitrogens with zero attached hydrogens (tertiary/aromatic N) is 4. The summed E-state index contributed by atoms with van der Waals surface area (Å²) in [6.45, 7) is 7.62. The summed E-state index contributed by atoms with van der Waals surface area (Å²) in [5, 5.41) is 12.5. The van der Waals surface area contributed by atoms with Gasteiger partial charge in [0.2, 0.25) is 5.16 Å². The first-order chi connectivity index (χ1) is 9.11. The molecule has 0 spiro atoms. The number of aromatic nitrogens is 4. The van der Waals surface area contributed by atoms with Crippen LogP contribution < -0.4 is 5.73 Å². The number of benzene rings is 1. The van der Waals surface area contributed by atoms with Crippen LogP contribution >= 0.6 is 11.8 Å². The van der Waals surface area contributed by atoms with Gasteiger partial charge in [0, 0.05) is 12.3 Å². The maximum Gasteiger partial charge on any atom is 0.209 e. The Morgan fingerprint density at radius 3 is 2.53 bits per heavy atom. The van der Waals surface area contributed by atoms with Gasteiger partial charge < -0.3 is 5.73 Å². The summed E-state index contributed by atoms with van der Waals surface area (Å²) < 4.78 is 1.75. The highest BCUT2D eigenvalue weighted by molar-refractivity contribution is 7.98. The summed E-state index contributed by atoms with van der Waals surface area (Å²) in [5.41, 5.74) is 10.8.